The molecule has 1 saturated carbocycles. The number of anilines is 1. The Labute approximate surface area is 131 Å². The van der Waals surface area contributed by atoms with Gasteiger partial charge in [-0.15, -0.1) is 0 Å². The van der Waals surface area contributed by atoms with Crippen molar-refractivity contribution in [3.8, 4) is 0 Å². The zero-order valence-electron chi connectivity index (χ0n) is 18.6. The van der Waals surface area contributed by atoms with Gasteiger partial charge in [0, 0.05) is 18.9 Å². The van der Waals surface area contributed by atoms with Gasteiger partial charge in [0.25, 0.3) is 5.56 Å². The number of hydrogen-bond donors (Lipinski definition) is 1. The normalized spacial score (nSPS) is 35.8. The first-order chi connectivity index (χ1) is 13.2. The van der Waals surface area contributed by atoms with Crippen molar-refractivity contribution >= 4 is 28.2 Å². The van der Waals surface area contributed by atoms with E-state index in [1.165, 1.54) is 0 Å². The van der Waals surface area contributed by atoms with Crippen molar-refractivity contribution in [3.05, 3.63) is 34.3 Å². The molecule has 0 radical (unpaired) electrons. The summed E-state index contributed by atoms with van der Waals surface area (Å²) in [7, 11) is 0. The van der Waals surface area contributed by atoms with Gasteiger partial charge in [-0.3, -0.25) is 19.0 Å². The molecule has 108 valence electrons. The van der Waals surface area contributed by atoms with Gasteiger partial charge in [0.15, 0.2) is 5.78 Å². The summed E-state index contributed by atoms with van der Waals surface area (Å²) in [4.78, 5) is 41.4. The summed E-state index contributed by atoms with van der Waals surface area (Å²) in [6, 6.07) is -2.89. The van der Waals surface area contributed by atoms with E-state index in [-0.39, 0.29) is 10.1 Å². The van der Waals surface area contributed by atoms with Crippen LogP contribution in [0.4, 0.5) is 5.69 Å². The summed E-state index contributed by atoms with van der Waals surface area (Å²) in [6.07, 6.45) is -4.86. The third-order valence-corrected chi connectivity index (χ3v) is 3.08. The summed E-state index contributed by atoms with van der Waals surface area (Å²) < 4.78 is 63.1. The standard InChI is InChI=1S/C15H15N3O3/c1-8-17-11-4-2-3-10(16)14(11)15(21)18(8)12-6-5-9(19)7-13(12)20/h2-4,12H,5-7,16H2,1H3/i1D3,2D,3D,5D,6D,12D. The number of hydrogen-bond acceptors (Lipinski definition) is 5. The number of benzene rings is 1. The lowest BCUT2D eigenvalue weighted by molar-refractivity contribution is -0.132. The van der Waals surface area contributed by atoms with E-state index < -0.39 is 78.2 Å². The molecule has 1 aliphatic carbocycles. The van der Waals surface area contributed by atoms with Crippen LogP contribution in [0.3, 0.4) is 0 Å². The van der Waals surface area contributed by atoms with Crippen LogP contribution in [0.1, 0.15) is 42.0 Å². The molecule has 0 bridgehead atoms. The van der Waals surface area contributed by atoms with E-state index in [0.29, 0.717) is 0 Å². The quantitative estimate of drug-likeness (QED) is 0.628. The molecule has 3 rings (SSSR count). The molecule has 0 spiro atoms. The third kappa shape index (κ3) is 2.12. The van der Waals surface area contributed by atoms with Crippen LogP contribution in [0.25, 0.3) is 10.9 Å². The molecule has 3 atom stereocenters. The number of carbonyl (C=O) groups excluding carboxylic acids is 2. The van der Waals surface area contributed by atoms with Gasteiger partial charge in [-0.2, -0.15) is 0 Å². The van der Waals surface area contributed by atoms with Gasteiger partial charge >= 0.3 is 0 Å². The van der Waals surface area contributed by atoms with E-state index in [0.717, 1.165) is 6.07 Å². The number of Topliss-reactive ketones (excluding diaryl/α,β-unsaturated/α-hetero) is 2. The average Bonchev–Trinajstić information content (AvgIpc) is 2.61. The van der Waals surface area contributed by atoms with Gasteiger partial charge in [-0.25, -0.2) is 4.98 Å². The largest absolute Gasteiger partial charge is 0.398 e. The van der Waals surface area contributed by atoms with Crippen LogP contribution < -0.4 is 11.3 Å². The maximum atomic E-state index is 13.2. The Morgan fingerprint density at radius 3 is 3.14 bits per heavy atom. The minimum atomic E-state index is -3.11. The van der Waals surface area contributed by atoms with Crippen LogP contribution in [0, 0.1) is 6.85 Å². The highest BCUT2D eigenvalue weighted by molar-refractivity contribution is 6.03. The van der Waals surface area contributed by atoms with Gasteiger partial charge in [0.1, 0.15) is 11.6 Å². The number of aryl methyl sites for hydroxylation is 1. The van der Waals surface area contributed by atoms with Crippen LogP contribution in [0.5, 0.6) is 0 Å². The highest BCUT2D eigenvalue weighted by Gasteiger charge is 2.30. The maximum absolute atomic E-state index is 13.2. The van der Waals surface area contributed by atoms with Crippen molar-refractivity contribution in [2.24, 2.45) is 0 Å². The van der Waals surface area contributed by atoms with Crippen LogP contribution in [-0.4, -0.2) is 21.1 Å². The van der Waals surface area contributed by atoms with Crippen LogP contribution in [0.15, 0.2) is 22.9 Å². The first-order valence-corrected chi connectivity index (χ1v) is 5.96. The fourth-order valence-corrected chi connectivity index (χ4v) is 2.14. The first kappa shape index (κ1) is 6.98. The smallest absolute Gasteiger partial charge is 0.264 e. The zero-order chi connectivity index (χ0) is 22.0. The second-order valence-electron chi connectivity index (χ2n) is 4.45. The van der Waals surface area contributed by atoms with Gasteiger partial charge in [0.05, 0.1) is 27.5 Å². The maximum Gasteiger partial charge on any atom is 0.264 e. The summed E-state index contributed by atoms with van der Waals surface area (Å²) >= 11 is 0. The minimum Gasteiger partial charge on any atom is -0.398 e. The van der Waals surface area contributed by atoms with Crippen molar-refractivity contribution in [1.29, 1.82) is 0 Å². The molecule has 1 aromatic carbocycles. The Bertz CT molecular complexity index is 1130. The van der Waals surface area contributed by atoms with E-state index in [4.69, 9.17) is 16.7 Å². The van der Waals surface area contributed by atoms with E-state index in [9.17, 15) is 14.4 Å². The number of carbonyl (C=O) groups is 2. The Hall–Kier alpha value is -2.50. The monoisotopic (exact) mass is 293 g/mol. The summed E-state index contributed by atoms with van der Waals surface area (Å²) in [6.45, 7) is -3.11. The Morgan fingerprint density at radius 2 is 2.38 bits per heavy atom. The SMILES string of the molecule is [2H]c1cc2nc(C([2H])([2H])[2H])n(C3([2H])C(=O)CC(=O)C([2H])C3[2H])c(=O)c2c(N)c1[2H]. The van der Waals surface area contributed by atoms with Crippen LogP contribution in [0.2, 0.25) is 0 Å². The molecule has 0 saturated heterocycles. The Balaban J connectivity index is 2.52. The molecule has 1 heterocycles. The minimum absolute atomic E-state index is 0.190. The fraction of sp³-hybridized carbons (Fsp3) is 0.333. The van der Waals surface area contributed by atoms with Crippen molar-refractivity contribution in [2.75, 3.05) is 5.73 Å². The molecule has 0 aliphatic heterocycles. The summed E-state index contributed by atoms with van der Waals surface area (Å²) in [5.74, 6) is -3.14. The first-order valence-electron chi connectivity index (χ1n) is 10.1. The molecular weight excluding hydrogens is 270 g/mol. The lowest BCUT2D eigenvalue weighted by Crippen LogP contribution is -2.36. The third-order valence-electron chi connectivity index (χ3n) is 3.08. The van der Waals surface area contributed by atoms with Crippen molar-refractivity contribution in [2.45, 2.75) is 32.1 Å². The van der Waals surface area contributed by atoms with E-state index in [2.05, 4.69) is 4.98 Å². The number of nitrogens with zero attached hydrogens (tertiary/aromatic N) is 2. The molecule has 6 nitrogen and oxygen atoms in total. The lowest BCUT2D eigenvalue weighted by Gasteiger charge is -2.24. The summed E-state index contributed by atoms with van der Waals surface area (Å²) in [5.41, 5.74) is 3.67. The second-order valence-corrected chi connectivity index (χ2v) is 4.45. The molecule has 0 amide bonds. The Morgan fingerprint density at radius 1 is 1.57 bits per heavy atom. The van der Waals surface area contributed by atoms with Gasteiger partial charge in [0.2, 0.25) is 0 Å². The number of nitrogens with two attached hydrogens (primary N) is 1. The van der Waals surface area contributed by atoms with Gasteiger partial charge in [-0.1, -0.05) is 6.04 Å². The molecule has 3 unspecified atom stereocenters. The van der Waals surface area contributed by atoms with Crippen molar-refractivity contribution in [3.63, 3.8) is 0 Å². The Kier molecular flexibility index (Phi) is 1.59. The fourth-order valence-electron chi connectivity index (χ4n) is 2.14. The van der Waals surface area contributed by atoms with E-state index >= 15 is 0 Å². The molecular formula is C15H15N3O3. The molecule has 1 aliphatic rings. The average molecular weight is 293 g/mol. The van der Waals surface area contributed by atoms with Crippen LogP contribution in [-0.2, 0) is 9.59 Å². The van der Waals surface area contributed by atoms with Crippen molar-refractivity contribution < 1.29 is 20.6 Å². The van der Waals surface area contributed by atoms with E-state index in [1.807, 2.05) is 0 Å². The van der Waals surface area contributed by atoms with Gasteiger partial charge in [-0.05, 0) is 25.4 Å². The second kappa shape index (κ2) is 4.80. The molecule has 21 heavy (non-hydrogen) atoms. The molecule has 2 N–H and O–H groups in total. The number of nitrogen functional groups attached to an aromatic ring is 1. The highest BCUT2D eigenvalue weighted by atomic mass is 16.2. The van der Waals surface area contributed by atoms with E-state index in [1.54, 1.807) is 0 Å². The molecule has 1 aromatic heterocycles. The van der Waals surface area contributed by atoms with Crippen molar-refractivity contribution in [1.82, 2.24) is 9.55 Å². The number of rotatable bonds is 1. The molecule has 1 fully saturated rings. The molecule has 2 aromatic rings. The topological polar surface area (TPSA) is 95.0 Å². The van der Waals surface area contributed by atoms with Crippen LogP contribution >= 0.6 is 0 Å². The highest BCUT2D eigenvalue weighted by Crippen LogP contribution is 2.24. The number of aromatic nitrogens is 2. The zero-order valence-corrected chi connectivity index (χ0v) is 10.6. The predicted molar refractivity (Wildman–Crippen MR) is 78.1 cm³/mol. The number of fused-ring (bicyclic) bond motifs is 1. The summed E-state index contributed by atoms with van der Waals surface area (Å²) in [5, 5.41) is -0.482. The molecule has 6 heteroatoms. The lowest BCUT2D eigenvalue weighted by atomic mass is 9.92. The van der Waals surface area contributed by atoms with Gasteiger partial charge < -0.3 is 5.73 Å². The number of ketones is 2. The predicted octanol–water partition coefficient (Wildman–Crippen LogP) is 1.15.